The number of hydrogen-bond acceptors (Lipinski definition) is 2. The molecule has 0 saturated carbocycles. The molecule has 0 aromatic rings. The maximum Gasteiger partial charge on any atom is 0.328 e. The molecule has 1 atom stereocenters. The van der Waals surface area contributed by atoms with Gasteiger partial charge in [-0.3, -0.25) is 4.79 Å². The van der Waals surface area contributed by atoms with E-state index in [0.717, 1.165) is 44.3 Å². The maximum atomic E-state index is 11.3. The molecule has 0 spiro atoms. The molecule has 0 saturated heterocycles. The van der Waals surface area contributed by atoms with E-state index in [2.05, 4.69) is 12.2 Å². The van der Waals surface area contributed by atoms with Gasteiger partial charge >= 0.3 is 5.97 Å². The van der Waals surface area contributed by atoms with Gasteiger partial charge in [-0.15, -0.1) is 0 Å². The van der Waals surface area contributed by atoms with Gasteiger partial charge in [0.2, 0.25) is 5.91 Å². The third-order valence-corrected chi connectivity index (χ3v) is 2.37. The zero-order valence-electron chi connectivity index (χ0n) is 10.0. The number of rotatable bonds is 8. The molecule has 2 N–H and O–H groups in total. The van der Waals surface area contributed by atoms with E-state index >= 15 is 0 Å². The Labute approximate surface area is 96.7 Å². The maximum absolute atomic E-state index is 11.3. The molecule has 4 heteroatoms. The van der Waals surface area contributed by atoms with Gasteiger partial charge in [0, 0.05) is 18.2 Å². The highest BCUT2D eigenvalue weighted by Gasteiger charge is 2.07. The first-order chi connectivity index (χ1) is 7.60. The zero-order chi connectivity index (χ0) is 12.4. The second-order valence-corrected chi connectivity index (χ2v) is 3.78. The van der Waals surface area contributed by atoms with Crippen LogP contribution >= 0.6 is 0 Å². The Morgan fingerprint density at radius 3 is 2.44 bits per heavy atom. The fraction of sp³-hybridized carbons (Fsp3) is 0.667. The summed E-state index contributed by atoms with van der Waals surface area (Å²) in [6.45, 7) is 4.15. The lowest BCUT2D eigenvalue weighted by molar-refractivity contribution is -0.131. The lowest BCUT2D eigenvalue weighted by Gasteiger charge is -2.15. The van der Waals surface area contributed by atoms with E-state index in [1.165, 1.54) is 0 Å². The van der Waals surface area contributed by atoms with Crippen molar-refractivity contribution >= 4 is 11.9 Å². The Kier molecular flexibility index (Phi) is 8.21. The third kappa shape index (κ3) is 8.03. The number of unbranched alkanes of at least 4 members (excludes halogenated alkanes) is 2. The summed E-state index contributed by atoms with van der Waals surface area (Å²) in [5, 5.41) is 11.2. The van der Waals surface area contributed by atoms with Crippen LogP contribution in [0.4, 0.5) is 0 Å². The van der Waals surface area contributed by atoms with Crippen LogP contribution in [-0.2, 0) is 9.59 Å². The third-order valence-electron chi connectivity index (χ3n) is 2.37. The van der Waals surface area contributed by atoms with Crippen LogP contribution in [0.5, 0.6) is 0 Å². The SMILES string of the molecule is CCCCCC(CC)NC(=O)/C=C\C(=O)O. The molecule has 0 heterocycles. The molecule has 0 aromatic carbocycles. The number of amides is 1. The molecule has 0 fully saturated rings. The van der Waals surface area contributed by atoms with E-state index in [4.69, 9.17) is 5.11 Å². The number of carboxylic acid groups (broad SMARTS) is 1. The van der Waals surface area contributed by atoms with Gasteiger partial charge in [0.05, 0.1) is 0 Å². The first-order valence-electron chi connectivity index (χ1n) is 5.81. The molecule has 92 valence electrons. The van der Waals surface area contributed by atoms with E-state index in [-0.39, 0.29) is 11.9 Å². The van der Waals surface area contributed by atoms with Crippen LogP contribution in [0.2, 0.25) is 0 Å². The quantitative estimate of drug-likeness (QED) is 0.493. The van der Waals surface area contributed by atoms with Gasteiger partial charge in [-0.1, -0.05) is 33.1 Å². The van der Waals surface area contributed by atoms with Crippen molar-refractivity contribution < 1.29 is 14.7 Å². The molecule has 4 nitrogen and oxygen atoms in total. The van der Waals surface area contributed by atoms with E-state index in [9.17, 15) is 9.59 Å². The van der Waals surface area contributed by atoms with E-state index in [1.54, 1.807) is 0 Å². The molecule has 0 aromatic heterocycles. The molecule has 0 bridgehead atoms. The summed E-state index contributed by atoms with van der Waals surface area (Å²) in [4.78, 5) is 21.5. The van der Waals surface area contributed by atoms with Crippen LogP contribution in [0.25, 0.3) is 0 Å². The molecule has 1 unspecified atom stereocenters. The van der Waals surface area contributed by atoms with Crippen LogP contribution in [-0.4, -0.2) is 23.0 Å². The van der Waals surface area contributed by atoms with Crippen LogP contribution < -0.4 is 5.32 Å². The predicted octanol–water partition coefficient (Wildman–Crippen LogP) is 2.10. The summed E-state index contributed by atoms with van der Waals surface area (Å²) >= 11 is 0. The highest BCUT2D eigenvalue weighted by atomic mass is 16.4. The summed E-state index contributed by atoms with van der Waals surface area (Å²) in [5.41, 5.74) is 0. The second-order valence-electron chi connectivity index (χ2n) is 3.78. The van der Waals surface area contributed by atoms with Crippen molar-refractivity contribution in [2.45, 2.75) is 52.0 Å². The number of carboxylic acids is 1. The number of carbonyl (C=O) groups is 2. The minimum absolute atomic E-state index is 0.150. The Morgan fingerprint density at radius 2 is 1.94 bits per heavy atom. The lowest BCUT2D eigenvalue weighted by atomic mass is 10.1. The summed E-state index contributed by atoms with van der Waals surface area (Å²) in [5.74, 6) is -1.43. The average molecular weight is 227 g/mol. The van der Waals surface area contributed by atoms with Gasteiger partial charge in [0.1, 0.15) is 0 Å². The van der Waals surface area contributed by atoms with Gasteiger partial charge in [0.25, 0.3) is 0 Å². The van der Waals surface area contributed by atoms with Crippen molar-refractivity contribution in [2.24, 2.45) is 0 Å². The minimum Gasteiger partial charge on any atom is -0.478 e. The summed E-state index contributed by atoms with van der Waals surface area (Å²) < 4.78 is 0. The normalized spacial score (nSPS) is 12.6. The standard InChI is InChI=1S/C12H21NO3/c1-3-5-6-7-10(4-2)13-11(14)8-9-12(15)16/h8-10H,3-7H2,1-2H3,(H,13,14)(H,15,16)/b9-8-. The topological polar surface area (TPSA) is 66.4 Å². The van der Waals surface area contributed by atoms with Crippen molar-refractivity contribution in [3.8, 4) is 0 Å². The second kappa shape index (κ2) is 8.95. The monoisotopic (exact) mass is 227 g/mol. The molecular weight excluding hydrogens is 206 g/mol. The van der Waals surface area contributed by atoms with Gasteiger partial charge in [-0.2, -0.15) is 0 Å². The Bertz CT molecular complexity index is 249. The number of nitrogens with one attached hydrogen (secondary N) is 1. The van der Waals surface area contributed by atoms with E-state index in [1.807, 2.05) is 6.92 Å². The van der Waals surface area contributed by atoms with Crippen LogP contribution in [0.15, 0.2) is 12.2 Å². The largest absolute Gasteiger partial charge is 0.478 e. The van der Waals surface area contributed by atoms with Crippen LogP contribution in [0, 0.1) is 0 Å². The minimum atomic E-state index is -1.10. The van der Waals surface area contributed by atoms with Crippen molar-refractivity contribution in [2.75, 3.05) is 0 Å². The summed E-state index contributed by atoms with van der Waals surface area (Å²) in [6, 6.07) is 0.150. The first-order valence-corrected chi connectivity index (χ1v) is 5.81. The van der Waals surface area contributed by atoms with Crippen LogP contribution in [0.3, 0.4) is 0 Å². The summed E-state index contributed by atoms with van der Waals surface area (Å²) in [7, 11) is 0. The first kappa shape index (κ1) is 14.7. The van der Waals surface area contributed by atoms with Gasteiger partial charge in [-0.25, -0.2) is 4.79 Å². The molecule has 0 aliphatic rings. The van der Waals surface area contributed by atoms with Gasteiger partial charge < -0.3 is 10.4 Å². The molecule has 0 aliphatic carbocycles. The van der Waals surface area contributed by atoms with E-state index < -0.39 is 5.97 Å². The summed E-state index contributed by atoms with van der Waals surface area (Å²) in [6.07, 6.45) is 7.16. The molecule has 0 aliphatic heterocycles. The highest BCUT2D eigenvalue weighted by Crippen LogP contribution is 2.06. The van der Waals surface area contributed by atoms with Crippen molar-refractivity contribution in [1.82, 2.24) is 5.32 Å². The van der Waals surface area contributed by atoms with Crippen molar-refractivity contribution in [3.05, 3.63) is 12.2 Å². The molecule has 0 rings (SSSR count). The van der Waals surface area contributed by atoms with Crippen LogP contribution in [0.1, 0.15) is 46.0 Å². The number of carbonyl (C=O) groups excluding carboxylic acids is 1. The number of hydrogen-bond donors (Lipinski definition) is 2. The molecule has 1 amide bonds. The fourth-order valence-electron chi connectivity index (χ4n) is 1.42. The fourth-order valence-corrected chi connectivity index (χ4v) is 1.42. The van der Waals surface area contributed by atoms with Gasteiger partial charge in [-0.05, 0) is 12.8 Å². The van der Waals surface area contributed by atoms with Crippen molar-refractivity contribution in [3.63, 3.8) is 0 Å². The Hall–Kier alpha value is -1.32. The molecular formula is C12H21NO3. The lowest BCUT2D eigenvalue weighted by Crippen LogP contribution is -2.33. The Balaban J connectivity index is 3.92. The van der Waals surface area contributed by atoms with Gasteiger partial charge in [0.15, 0.2) is 0 Å². The Morgan fingerprint density at radius 1 is 1.25 bits per heavy atom. The smallest absolute Gasteiger partial charge is 0.328 e. The highest BCUT2D eigenvalue weighted by molar-refractivity contribution is 5.93. The average Bonchev–Trinajstić information content (AvgIpc) is 2.25. The predicted molar refractivity (Wildman–Crippen MR) is 63.1 cm³/mol. The molecule has 0 radical (unpaired) electrons. The van der Waals surface area contributed by atoms with E-state index in [0.29, 0.717) is 0 Å². The number of aliphatic carboxylic acids is 1. The zero-order valence-corrected chi connectivity index (χ0v) is 10.0. The molecule has 16 heavy (non-hydrogen) atoms. The van der Waals surface area contributed by atoms with Crippen molar-refractivity contribution in [1.29, 1.82) is 0 Å².